The maximum absolute atomic E-state index is 10.8. The van der Waals surface area contributed by atoms with Gasteiger partial charge in [-0.05, 0) is 12.5 Å². The van der Waals surface area contributed by atoms with E-state index in [4.69, 9.17) is 5.11 Å². The number of nitro groups is 1. The first-order chi connectivity index (χ1) is 8.63. The third-order valence-corrected chi connectivity index (χ3v) is 2.81. The van der Waals surface area contributed by atoms with Crippen molar-refractivity contribution in [1.29, 1.82) is 0 Å². The topological polar surface area (TPSA) is 81.2 Å². The Bertz CT molecular complexity index is 551. The van der Waals surface area contributed by atoms with Crippen LogP contribution in [0.5, 0.6) is 0 Å². The molecule has 0 radical (unpaired) electrons. The molecule has 0 bridgehead atoms. The molecule has 0 saturated carbocycles. The van der Waals surface area contributed by atoms with E-state index in [9.17, 15) is 10.1 Å². The summed E-state index contributed by atoms with van der Waals surface area (Å²) in [5, 5.41) is 23.9. The van der Waals surface area contributed by atoms with E-state index in [0.717, 1.165) is 5.56 Å². The lowest BCUT2D eigenvalue weighted by atomic mass is 10.1. The van der Waals surface area contributed by atoms with Crippen molar-refractivity contribution >= 4 is 5.69 Å². The normalized spacial score (nSPS) is 12.3. The molecule has 1 aromatic heterocycles. The van der Waals surface area contributed by atoms with Gasteiger partial charge in [0.1, 0.15) is 6.20 Å². The molecule has 6 nitrogen and oxygen atoms in total. The molecule has 94 valence electrons. The minimum Gasteiger partial charge on any atom is -0.390 e. The van der Waals surface area contributed by atoms with Crippen LogP contribution >= 0.6 is 0 Å². The van der Waals surface area contributed by atoms with Gasteiger partial charge in [-0.1, -0.05) is 30.3 Å². The zero-order chi connectivity index (χ0) is 13.1. The van der Waals surface area contributed by atoms with Crippen molar-refractivity contribution in [2.45, 2.75) is 19.6 Å². The van der Waals surface area contributed by atoms with E-state index in [1.807, 2.05) is 37.3 Å². The van der Waals surface area contributed by atoms with Gasteiger partial charge in [-0.15, -0.1) is 0 Å². The maximum Gasteiger partial charge on any atom is 0.312 e. The average Bonchev–Trinajstić information content (AvgIpc) is 2.83. The van der Waals surface area contributed by atoms with Crippen LogP contribution in [0, 0.1) is 10.1 Å². The van der Waals surface area contributed by atoms with Gasteiger partial charge in [-0.3, -0.25) is 14.8 Å². The van der Waals surface area contributed by atoms with Gasteiger partial charge in [0.25, 0.3) is 0 Å². The van der Waals surface area contributed by atoms with E-state index >= 15 is 0 Å². The summed E-state index contributed by atoms with van der Waals surface area (Å²) in [6.07, 6.45) is 1.35. The molecule has 1 unspecified atom stereocenters. The molecule has 0 aliphatic heterocycles. The van der Waals surface area contributed by atoms with E-state index in [1.165, 1.54) is 10.9 Å². The number of aliphatic hydroxyl groups excluding tert-OH is 1. The molecule has 0 aliphatic carbocycles. The molecule has 0 saturated heterocycles. The highest BCUT2D eigenvalue weighted by molar-refractivity contribution is 5.33. The summed E-state index contributed by atoms with van der Waals surface area (Å²) in [4.78, 5) is 10.3. The Morgan fingerprint density at radius 2 is 2.11 bits per heavy atom. The fraction of sp³-hybridized carbons (Fsp3) is 0.250. The van der Waals surface area contributed by atoms with Crippen LogP contribution in [-0.2, 0) is 6.61 Å². The number of benzene rings is 1. The van der Waals surface area contributed by atoms with E-state index in [1.54, 1.807) is 0 Å². The summed E-state index contributed by atoms with van der Waals surface area (Å²) < 4.78 is 1.50. The molecule has 0 fully saturated rings. The van der Waals surface area contributed by atoms with E-state index < -0.39 is 11.5 Å². The highest BCUT2D eigenvalue weighted by Gasteiger charge is 2.21. The molecular weight excluding hydrogens is 234 g/mol. The second-order valence-corrected chi connectivity index (χ2v) is 3.94. The van der Waals surface area contributed by atoms with E-state index in [0.29, 0.717) is 0 Å². The van der Waals surface area contributed by atoms with Crippen LogP contribution < -0.4 is 0 Å². The number of hydrogen-bond donors (Lipinski definition) is 1. The predicted octanol–water partition coefficient (Wildman–Crippen LogP) is 1.89. The first-order valence-electron chi connectivity index (χ1n) is 5.51. The Kier molecular flexibility index (Phi) is 3.38. The van der Waals surface area contributed by atoms with Crippen LogP contribution in [-0.4, -0.2) is 19.8 Å². The van der Waals surface area contributed by atoms with Crippen LogP contribution in [0.3, 0.4) is 0 Å². The molecule has 6 heteroatoms. The molecule has 0 amide bonds. The Morgan fingerprint density at radius 1 is 1.44 bits per heavy atom. The lowest BCUT2D eigenvalue weighted by Crippen LogP contribution is -2.07. The Balaban J connectivity index is 2.37. The van der Waals surface area contributed by atoms with Crippen molar-refractivity contribution < 1.29 is 10.0 Å². The van der Waals surface area contributed by atoms with Crippen molar-refractivity contribution in [1.82, 2.24) is 9.78 Å². The number of nitrogens with zero attached hydrogens (tertiary/aromatic N) is 3. The van der Waals surface area contributed by atoms with Crippen molar-refractivity contribution in [2.75, 3.05) is 0 Å². The smallest absolute Gasteiger partial charge is 0.312 e. The number of rotatable bonds is 4. The van der Waals surface area contributed by atoms with Gasteiger partial charge in [0, 0.05) is 0 Å². The van der Waals surface area contributed by atoms with E-state index in [-0.39, 0.29) is 17.4 Å². The molecule has 0 spiro atoms. The molecule has 2 aromatic rings. The van der Waals surface area contributed by atoms with Crippen molar-refractivity contribution in [3.8, 4) is 0 Å². The van der Waals surface area contributed by atoms with Crippen LogP contribution in [0.15, 0.2) is 36.5 Å². The zero-order valence-electron chi connectivity index (χ0n) is 9.85. The second-order valence-electron chi connectivity index (χ2n) is 3.94. The summed E-state index contributed by atoms with van der Waals surface area (Å²) in [5.41, 5.74) is 0.933. The lowest BCUT2D eigenvalue weighted by Gasteiger charge is -2.11. The summed E-state index contributed by atoms with van der Waals surface area (Å²) in [7, 11) is 0. The highest BCUT2D eigenvalue weighted by Crippen LogP contribution is 2.22. The standard InChI is InChI=1S/C12H13N3O3/c1-9(10-5-3-2-4-6-10)14-7-12(15(17)18)11(8-16)13-14/h2-7,9,16H,8H2,1H3. The molecule has 1 atom stereocenters. The molecule has 2 rings (SSSR count). The lowest BCUT2D eigenvalue weighted by molar-refractivity contribution is -0.386. The van der Waals surface area contributed by atoms with Gasteiger partial charge in [-0.25, -0.2) is 0 Å². The predicted molar refractivity (Wildman–Crippen MR) is 65.1 cm³/mol. The van der Waals surface area contributed by atoms with Crippen molar-refractivity contribution in [3.63, 3.8) is 0 Å². The zero-order valence-corrected chi connectivity index (χ0v) is 9.85. The first-order valence-corrected chi connectivity index (χ1v) is 5.51. The quantitative estimate of drug-likeness (QED) is 0.660. The third-order valence-electron chi connectivity index (χ3n) is 2.81. The second kappa shape index (κ2) is 4.97. The molecule has 0 aliphatic rings. The largest absolute Gasteiger partial charge is 0.390 e. The fourth-order valence-corrected chi connectivity index (χ4v) is 1.77. The molecule has 1 heterocycles. The molecule has 18 heavy (non-hydrogen) atoms. The summed E-state index contributed by atoms with van der Waals surface area (Å²) in [6, 6.07) is 9.44. The summed E-state index contributed by atoms with van der Waals surface area (Å²) in [5.74, 6) is 0. The van der Waals surface area contributed by atoms with Gasteiger partial charge in [0.05, 0.1) is 17.6 Å². The maximum atomic E-state index is 10.8. The monoisotopic (exact) mass is 247 g/mol. The molecule has 1 aromatic carbocycles. The highest BCUT2D eigenvalue weighted by atomic mass is 16.6. The van der Waals surface area contributed by atoms with Crippen molar-refractivity contribution in [3.05, 3.63) is 57.9 Å². The average molecular weight is 247 g/mol. The van der Waals surface area contributed by atoms with Crippen LogP contribution in [0.4, 0.5) is 5.69 Å². The van der Waals surface area contributed by atoms with Gasteiger partial charge < -0.3 is 5.11 Å². The minimum atomic E-state index is -0.535. The Labute approximate surface area is 104 Å². The number of aliphatic hydroxyl groups is 1. The van der Waals surface area contributed by atoms with Crippen molar-refractivity contribution in [2.24, 2.45) is 0 Å². The summed E-state index contributed by atoms with van der Waals surface area (Å²) >= 11 is 0. The first kappa shape index (κ1) is 12.3. The van der Waals surface area contributed by atoms with Gasteiger partial charge >= 0.3 is 5.69 Å². The van der Waals surface area contributed by atoms with Crippen LogP contribution in [0.1, 0.15) is 24.2 Å². The van der Waals surface area contributed by atoms with Gasteiger partial charge in [-0.2, -0.15) is 5.10 Å². The van der Waals surface area contributed by atoms with E-state index in [2.05, 4.69) is 5.10 Å². The minimum absolute atomic E-state index is 0.0859. The molecule has 1 N–H and O–H groups in total. The molecular formula is C12H13N3O3. The van der Waals surface area contributed by atoms with Crippen LogP contribution in [0.2, 0.25) is 0 Å². The summed E-state index contributed by atoms with van der Waals surface area (Å²) in [6.45, 7) is 1.46. The fourth-order valence-electron chi connectivity index (χ4n) is 1.77. The van der Waals surface area contributed by atoms with Crippen LogP contribution in [0.25, 0.3) is 0 Å². The third kappa shape index (κ3) is 2.23. The Hall–Kier alpha value is -2.21. The SMILES string of the molecule is CC(c1ccccc1)n1cc([N+](=O)[O-])c(CO)n1. The number of aromatic nitrogens is 2. The van der Waals surface area contributed by atoms with Gasteiger partial charge in [0.2, 0.25) is 0 Å². The van der Waals surface area contributed by atoms with Gasteiger partial charge in [0.15, 0.2) is 5.69 Å². The Morgan fingerprint density at radius 3 is 2.61 bits per heavy atom. The number of hydrogen-bond acceptors (Lipinski definition) is 4.